The second kappa shape index (κ2) is 5.50. The standard InChI is InChI=1S/C12H23NO2S/c14-16(15,10-11-5-1-2-6-11)12-7-3-4-8-13-9-12/h11-13H,1-10H2. The zero-order valence-electron chi connectivity index (χ0n) is 9.95. The summed E-state index contributed by atoms with van der Waals surface area (Å²) in [7, 11) is -2.85. The topological polar surface area (TPSA) is 46.2 Å². The van der Waals surface area contributed by atoms with Crippen molar-refractivity contribution in [2.45, 2.75) is 50.2 Å². The molecule has 3 nitrogen and oxygen atoms in total. The van der Waals surface area contributed by atoms with E-state index in [4.69, 9.17) is 0 Å². The van der Waals surface area contributed by atoms with Gasteiger partial charge in [0.25, 0.3) is 0 Å². The summed E-state index contributed by atoms with van der Waals surface area (Å²) < 4.78 is 24.5. The van der Waals surface area contributed by atoms with Gasteiger partial charge in [-0.1, -0.05) is 19.3 Å². The van der Waals surface area contributed by atoms with E-state index in [2.05, 4.69) is 5.32 Å². The number of sulfone groups is 1. The van der Waals surface area contributed by atoms with Crippen molar-refractivity contribution < 1.29 is 8.42 Å². The van der Waals surface area contributed by atoms with Crippen LogP contribution in [0.5, 0.6) is 0 Å². The molecule has 16 heavy (non-hydrogen) atoms. The lowest BCUT2D eigenvalue weighted by atomic mass is 10.1. The summed E-state index contributed by atoms with van der Waals surface area (Å²) in [6, 6.07) is 0. The Bertz CT molecular complexity index is 299. The predicted octanol–water partition coefficient (Wildman–Crippen LogP) is 1.73. The Labute approximate surface area is 98.9 Å². The minimum absolute atomic E-state index is 0.115. The van der Waals surface area contributed by atoms with Gasteiger partial charge in [0.2, 0.25) is 0 Å². The van der Waals surface area contributed by atoms with Crippen molar-refractivity contribution >= 4 is 9.84 Å². The maximum Gasteiger partial charge on any atom is 0.154 e. The van der Waals surface area contributed by atoms with Crippen LogP contribution < -0.4 is 5.32 Å². The number of hydrogen-bond donors (Lipinski definition) is 1. The molecule has 2 aliphatic rings. The first-order valence-electron chi connectivity index (χ1n) is 6.61. The molecule has 0 aromatic heterocycles. The summed E-state index contributed by atoms with van der Waals surface area (Å²) in [6.07, 6.45) is 7.74. The van der Waals surface area contributed by atoms with Crippen molar-refractivity contribution in [1.82, 2.24) is 5.32 Å². The molecule has 1 N–H and O–H groups in total. The predicted molar refractivity (Wildman–Crippen MR) is 66.3 cm³/mol. The van der Waals surface area contributed by atoms with E-state index in [1.54, 1.807) is 0 Å². The molecule has 1 atom stereocenters. The molecule has 1 saturated carbocycles. The van der Waals surface area contributed by atoms with Gasteiger partial charge in [-0.3, -0.25) is 0 Å². The second-order valence-corrected chi connectivity index (χ2v) is 7.63. The number of rotatable bonds is 3. The quantitative estimate of drug-likeness (QED) is 0.823. The van der Waals surface area contributed by atoms with Crippen LogP contribution >= 0.6 is 0 Å². The molecule has 1 unspecified atom stereocenters. The normalized spacial score (nSPS) is 29.1. The van der Waals surface area contributed by atoms with Crippen LogP contribution in [-0.4, -0.2) is 32.5 Å². The molecule has 0 amide bonds. The van der Waals surface area contributed by atoms with Gasteiger partial charge in [-0.15, -0.1) is 0 Å². The molecule has 2 fully saturated rings. The Kier molecular flexibility index (Phi) is 4.25. The molecular weight excluding hydrogens is 222 g/mol. The van der Waals surface area contributed by atoms with E-state index in [9.17, 15) is 8.42 Å². The van der Waals surface area contributed by atoms with Gasteiger partial charge >= 0.3 is 0 Å². The van der Waals surface area contributed by atoms with E-state index in [1.165, 1.54) is 12.8 Å². The van der Waals surface area contributed by atoms with Crippen molar-refractivity contribution in [2.24, 2.45) is 5.92 Å². The van der Waals surface area contributed by atoms with Crippen LogP contribution in [0.25, 0.3) is 0 Å². The summed E-state index contributed by atoms with van der Waals surface area (Å²) in [5.41, 5.74) is 0. The minimum atomic E-state index is -2.85. The highest BCUT2D eigenvalue weighted by Crippen LogP contribution is 2.28. The van der Waals surface area contributed by atoms with Gasteiger partial charge in [0.05, 0.1) is 11.0 Å². The van der Waals surface area contributed by atoms with Gasteiger partial charge in [-0.2, -0.15) is 0 Å². The van der Waals surface area contributed by atoms with Gasteiger partial charge in [-0.25, -0.2) is 8.42 Å². The fraction of sp³-hybridized carbons (Fsp3) is 1.00. The molecule has 0 aromatic rings. The zero-order valence-corrected chi connectivity index (χ0v) is 10.8. The maximum atomic E-state index is 12.3. The van der Waals surface area contributed by atoms with Gasteiger partial charge in [0.1, 0.15) is 0 Å². The monoisotopic (exact) mass is 245 g/mol. The average molecular weight is 245 g/mol. The van der Waals surface area contributed by atoms with Gasteiger partial charge in [-0.05, 0) is 38.1 Å². The Morgan fingerprint density at radius 2 is 1.69 bits per heavy atom. The molecule has 0 bridgehead atoms. The fourth-order valence-corrected chi connectivity index (χ4v) is 5.10. The highest BCUT2D eigenvalue weighted by molar-refractivity contribution is 7.92. The molecule has 2 rings (SSSR count). The summed E-state index contributed by atoms with van der Waals surface area (Å²) in [5.74, 6) is 0.896. The molecule has 0 spiro atoms. The third kappa shape index (κ3) is 3.20. The van der Waals surface area contributed by atoms with Crippen LogP contribution in [0.2, 0.25) is 0 Å². The van der Waals surface area contributed by atoms with E-state index in [-0.39, 0.29) is 5.25 Å². The first kappa shape index (κ1) is 12.4. The molecule has 0 radical (unpaired) electrons. The highest BCUT2D eigenvalue weighted by atomic mass is 32.2. The smallest absolute Gasteiger partial charge is 0.154 e. The molecule has 94 valence electrons. The molecule has 0 aromatic carbocycles. The lowest BCUT2D eigenvalue weighted by Crippen LogP contribution is -2.34. The fourth-order valence-electron chi connectivity index (χ4n) is 2.94. The van der Waals surface area contributed by atoms with E-state index >= 15 is 0 Å². The summed E-state index contributed by atoms with van der Waals surface area (Å²) in [5, 5.41) is 3.13. The van der Waals surface area contributed by atoms with Crippen LogP contribution in [0, 0.1) is 5.92 Å². The Morgan fingerprint density at radius 3 is 2.44 bits per heavy atom. The SMILES string of the molecule is O=S(=O)(CC1CCCC1)C1CCCCNC1. The van der Waals surface area contributed by atoms with E-state index < -0.39 is 9.84 Å². The molecule has 4 heteroatoms. The summed E-state index contributed by atoms with van der Waals surface area (Å²) >= 11 is 0. The Balaban J connectivity index is 1.93. The Hall–Kier alpha value is -0.0900. The number of nitrogens with one attached hydrogen (secondary N) is 1. The van der Waals surface area contributed by atoms with Crippen molar-refractivity contribution in [1.29, 1.82) is 0 Å². The van der Waals surface area contributed by atoms with Crippen molar-refractivity contribution in [3.63, 3.8) is 0 Å². The molecular formula is C12H23NO2S. The first-order chi connectivity index (χ1) is 7.68. The summed E-state index contributed by atoms with van der Waals surface area (Å²) in [4.78, 5) is 0. The van der Waals surface area contributed by atoms with Gasteiger partial charge in [0, 0.05) is 6.54 Å². The first-order valence-corrected chi connectivity index (χ1v) is 8.32. The van der Waals surface area contributed by atoms with E-state index in [0.29, 0.717) is 18.2 Å². The zero-order chi connectivity index (χ0) is 11.4. The minimum Gasteiger partial charge on any atom is -0.315 e. The van der Waals surface area contributed by atoms with E-state index in [1.807, 2.05) is 0 Å². The molecule has 1 saturated heterocycles. The average Bonchev–Trinajstić information content (AvgIpc) is 2.56. The molecule has 1 heterocycles. The Morgan fingerprint density at radius 1 is 1.00 bits per heavy atom. The molecule has 1 aliphatic carbocycles. The third-order valence-corrected chi connectivity index (χ3v) is 6.31. The van der Waals surface area contributed by atoms with Gasteiger partial charge < -0.3 is 5.32 Å². The van der Waals surface area contributed by atoms with Crippen LogP contribution in [0.3, 0.4) is 0 Å². The van der Waals surface area contributed by atoms with Crippen LogP contribution in [0.15, 0.2) is 0 Å². The lowest BCUT2D eigenvalue weighted by molar-refractivity contribution is 0.538. The van der Waals surface area contributed by atoms with Crippen molar-refractivity contribution in [3.8, 4) is 0 Å². The van der Waals surface area contributed by atoms with Crippen molar-refractivity contribution in [3.05, 3.63) is 0 Å². The van der Waals surface area contributed by atoms with E-state index in [0.717, 1.165) is 38.6 Å². The second-order valence-electron chi connectivity index (χ2n) is 5.30. The maximum absolute atomic E-state index is 12.3. The van der Waals surface area contributed by atoms with Gasteiger partial charge in [0.15, 0.2) is 9.84 Å². The van der Waals surface area contributed by atoms with Crippen LogP contribution in [0.4, 0.5) is 0 Å². The highest BCUT2D eigenvalue weighted by Gasteiger charge is 2.30. The van der Waals surface area contributed by atoms with Crippen molar-refractivity contribution in [2.75, 3.05) is 18.8 Å². The lowest BCUT2D eigenvalue weighted by Gasteiger charge is -2.18. The number of hydrogen-bond acceptors (Lipinski definition) is 3. The largest absolute Gasteiger partial charge is 0.315 e. The van der Waals surface area contributed by atoms with Crippen LogP contribution in [-0.2, 0) is 9.84 Å². The summed E-state index contributed by atoms with van der Waals surface area (Å²) in [6.45, 7) is 1.66. The molecule has 1 aliphatic heterocycles. The third-order valence-electron chi connectivity index (χ3n) is 3.95. The van der Waals surface area contributed by atoms with Crippen LogP contribution in [0.1, 0.15) is 44.9 Å².